The van der Waals surface area contributed by atoms with E-state index in [1.165, 1.54) is 4.90 Å². The van der Waals surface area contributed by atoms with Crippen LogP contribution in [0, 0.1) is 5.92 Å². The van der Waals surface area contributed by atoms with E-state index in [0.29, 0.717) is 17.7 Å². The highest BCUT2D eigenvalue weighted by atomic mass is 16.4. The third kappa shape index (κ3) is 2.27. The monoisotopic (exact) mass is 339 g/mol. The van der Waals surface area contributed by atoms with Gasteiger partial charge in [0.25, 0.3) is 0 Å². The van der Waals surface area contributed by atoms with E-state index >= 15 is 0 Å². The molecule has 1 saturated heterocycles. The van der Waals surface area contributed by atoms with E-state index in [1.54, 1.807) is 23.9 Å². The minimum absolute atomic E-state index is 0.0230. The zero-order chi connectivity index (χ0) is 17.7. The van der Waals surface area contributed by atoms with Gasteiger partial charge in [-0.05, 0) is 31.5 Å². The molecule has 7 nitrogen and oxygen atoms in total. The van der Waals surface area contributed by atoms with Crippen molar-refractivity contribution in [3.05, 3.63) is 54.0 Å². The van der Waals surface area contributed by atoms with Crippen molar-refractivity contribution in [3.8, 4) is 5.69 Å². The van der Waals surface area contributed by atoms with Crippen molar-refractivity contribution in [1.29, 1.82) is 0 Å². The van der Waals surface area contributed by atoms with E-state index in [2.05, 4.69) is 5.10 Å². The number of fused-ring (bicyclic) bond motifs is 1. The fourth-order valence-electron chi connectivity index (χ4n) is 3.71. The number of carbonyl (C=O) groups excluding carboxylic acids is 1. The summed E-state index contributed by atoms with van der Waals surface area (Å²) in [7, 11) is 0. The molecule has 3 heterocycles. The highest BCUT2D eigenvalue weighted by Crippen LogP contribution is 2.46. The lowest BCUT2D eigenvalue weighted by Gasteiger charge is -2.44. The molecule has 0 saturated carbocycles. The molecule has 2 N–H and O–H groups in total. The predicted molar refractivity (Wildman–Crippen MR) is 88.5 cm³/mol. The maximum absolute atomic E-state index is 12.2. The second-order valence-corrected chi connectivity index (χ2v) is 6.36. The van der Waals surface area contributed by atoms with Crippen molar-refractivity contribution in [2.45, 2.75) is 25.5 Å². The molecule has 4 rings (SSSR count). The fourth-order valence-corrected chi connectivity index (χ4v) is 3.71. The number of aromatic nitrogens is 2. The number of amides is 1. The number of aliphatic carboxylic acids is 1. The standard InChI is InChI=1S/C18H17N3O4/c1-10(22)15-14-9-12(16(18(24)25)21(14)17(15)23)13-7-8-20(19-13)11-5-3-2-4-6-11/h2-8,10,14-15,22H,9H2,1H3,(H,24,25)/t10-,14-,15-/m1/s1. The molecule has 1 aromatic heterocycles. The van der Waals surface area contributed by atoms with Gasteiger partial charge in [-0.3, -0.25) is 4.79 Å². The Balaban J connectivity index is 1.72. The molecule has 0 aliphatic carbocycles. The molecule has 0 unspecified atom stereocenters. The van der Waals surface area contributed by atoms with Gasteiger partial charge in [0.15, 0.2) is 0 Å². The van der Waals surface area contributed by atoms with Crippen LogP contribution in [-0.4, -0.2) is 48.9 Å². The second kappa shape index (κ2) is 5.56. The van der Waals surface area contributed by atoms with Crippen LogP contribution in [0.4, 0.5) is 0 Å². The third-order valence-corrected chi connectivity index (χ3v) is 4.85. The zero-order valence-corrected chi connectivity index (χ0v) is 13.5. The van der Waals surface area contributed by atoms with Crippen molar-refractivity contribution in [3.63, 3.8) is 0 Å². The molecule has 128 valence electrons. The van der Waals surface area contributed by atoms with Gasteiger partial charge in [0.05, 0.1) is 29.4 Å². The summed E-state index contributed by atoms with van der Waals surface area (Å²) in [5.74, 6) is -2.04. The number of rotatable bonds is 4. The average Bonchev–Trinajstić information content (AvgIpc) is 3.17. The lowest BCUT2D eigenvalue weighted by atomic mass is 9.83. The Morgan fingerprint density at radius 2 is 2.00 bits per heavy atom. The minimum atomic E-state index is -1.15. The number of carbonyl (C=O) groups is 2. The summed E-state index contributed by atoms with van der Waals surface area (Å²) in [6.07, 6.45) is 1.35. The minimum Gasteiger partial charge on any atom is -0.477 e. The van der Waals surface area contributed by atoms with Crippen molar-refractivity contribution in [2.75, 3.05) is 0 Å². The van der Waals surface area contributed by atoms with Gasteiger partial charge in [-0.15, -0.1) is 0 Å². The van der Waals surface area contributed by atoms with Crippen LogP contribution >= 0.6 is 0 Å². The Bertz CT molecular complexity index is 885. The molecule has 0 bridgehead atoms. The van der Waals surface area contributed by atoms with Crippen LogP contribution in [0.3, 0.4) is 0 Å². The molecule has 1 amide bonds. The lowest BCUT2D eigenvalue weighted by molar-refractivity contribution is -0.161. The summed E-state index contributed by atoms with van der Waals surface area (Å²) in [6.45, 7) is 1.56. The molecule has 0 radical (unpaired) electrons. The van der Waals surface area contributed by atoms with Crippen LogP contribution < -0.4 is 0 Å². The van der Waals surface area contributed by atoms with Gasteiger partial charge in [-0.1, -0.05) is 18.2 Å². The SMILES string of the molecule is C[C@@H](O)[C@H]1C(=O)N2C(C(=O)O)=C(c3ccn(-c4ccccc4)n3)C[C@H]12. The van der Waals surface area contributed by atoms with Gasteiger partial charge >= 0.3 is 5.97 Å². The number of hydrogen-bond acceptors (Lipinski definition) is 4. The largest absolute Gasteiger partial charge is 0.477 e. The Morgan fingerprint density at radius 1 is 1.28 bits per heavy atom. The van der Waals surface area contributed by atoms with Gasteiger partial charge in [0.1, 0.15) is 5.70 Å². The van der Waals surface area contributed by atoms with Crippen LogP contribution in [0.15, 0.2) is 48.3 Å². The maximum Gasteiger partial charge on any atom is 0.352 e. The van der Waals surface area contributed by atoms with Gasteiger partial charge in [-0.2, -0.15) is 5.10 Å². The number of carboxylic acids is 1. The first-order valence-corrected chi connectivity index (χ1v) is 8.08. The normalized spacial score (nSPS) is 23.4. The summed E-state index contributed by atoms with van der Waals surface area (Å²) in [5.41, 5.74) is 1.91. The Kier molecular flexibility index (Phi) is 3.47. The van der Waals surface area contributed by atoms with E-state index in [1.807, 2.05) is 30.3 Å². The number of benzene rings is 1. The number of para-hydroxylation sites is 1. The van der Waals surface area contributed by atoms with Crippen LogP contribution in [-0.2, 0) is 9.59 Å². The highest BCUT2D eigenvalue weighted by molar-refractivity contribution is 6.05. The molecular weight excluding hydrogens is 322 g/mol. The first kappa shape index (κ1) is 15.6. The quantitative estimate of drug-likeness (QED) is 0.818. The van der Waals surface area contributed by atoms with E-state index < -0.39 is 18.0 Å². The molecule has 7 heteroatoms. The molecule has 2 aliphatic heterocycles. The predicted octanol–water partition coefficient (Wildman–Crippen LogP) is 1.28. The molecule has 3 atom stereocenters. The second-order valence-electron chi connectivity index (χ2n) is 6.36. The molecule has 0 spiro atoms. The summed E-state index contributed by atoms with van der Waals surface area (Å²) in [5, 5.41) is 23.9. The Hall–Kier alpha value is -2.93. The third-order valence-electron chi connectivity index (χ3n) is 4.85. The summed E-state index contributed by atoms with van der Waals surface area (Å²) in [4.78, 5) is 25.3. The fraction of sp³-hybridized carbons (Fsp3) is 0.278. The van der Waals surface area contributed by atoms with E-state index in [-0.39, 0.29) is 17.6 Å². The molecule has 1 fully saturated rings. The Labute approximate surface area is 143 Å². The van der Waals surface area contributed by atoms with Crippen molar-refractivity contribution in [2.24, 2.45) is 5.92 Å². The molecular formula is C18H17N3O4. The number of β-lactam (4-membered cyclic amide) rings is 1. The number of hydrogen-bond donors (Lipinski definition) is 2. The lowest BCUT2D eigenvalue weighted by Crippen LogP contribution is -2.61. The van der Waals surface area contributed by atoms with Crippen LogP contribution in [0.5, 0.6) is 0 Å². The molecule has 2 aliphatic rings. The molecule has 25 heavy (non-hydrogen) atoms. The Morgan fingerprint density at radius 3 is 2.64 bits per heavy atom. The van der Waals surface area contributed by atoms with Crippen LogP contribution in [0.25, 0.3) is 11.3 Å². The van der Waals surface area contributed by atoms with Crippen LogP contribution in [0.1, 0.15) is 19.0 Å². The zero-order valence-electron chi connectivity index (χ0n) is 13.5. The number of aliphatic hydroxyl groups excluding tert-OH is 1. The smallest absolute Gasteiger partial charge is 0.352 e. The first-order chi connectivity index (χ1) is 12.0. The van der Waals surface area contributed by atoms with Gasteiger partial charge < -0.3 is 15.1 Å². The van der Waals surface area contributed by atoms with Gasteiger partial charge in [0.2, 0.25) is 5.91 Å². The summed E-state index contributed by atoms with van der Waals surface area (Å²) < 4.78 is 1.67. The maximum atomic E-state index is 12.2. The summed E-state index contributed by atoms with van der Waals surface area (Å²) >= 11 is 0. The molecule has 1 aromatic carbocycles. The van der Waals surface area contributed by atoms with Crippen molar-refractivity contribution >= 4 is 17.4 Å². The van der Waals surface area contributed by atoms with E-state index in [4.69, 9.17) is 0 Å². The molecule has 2 aromatic rings. The number of carboxylic acid groups (broad SMARTS) is 1. The number of aliphatic hydroxyl groups is 1. The number of nitrogens with zero attached hydrogens (tertiary/aromatic N) is 3. The van der Waals surface area contributed by atoms with E-state index in [0.717, 1.165) is 5.69 Å². The first-order valence-electron chi connectivity index (χ1n) is 8.08. The van der Waals surface area contributed by atoms with Crippen LogP contribution in [0.2, 0.25) is 0 Å². The average molecular weight is 339 g/mol. The van der Waals surface area contributed by atoms with Gasteiger partial charge in [0, 0.05) is 11.8 Å². The highest BCUT2D eigenvalue weighted by Gasteiger charge is 2.57. The van der Waals surface area contributed by atoms with Crippen molar-refractivity contribution < 1.29 is 19.8 Å². The van der Waals surface area contributed by atoms with Crippen molar-refractivity contribution in [1.82, 2.24) is 14.7 Å². The van der Waals surface area contributed by atoms with E-state index in [9.17, 15) is 19.8 Å². The topological polar surface area (TPSA) is 95.7 Å². The summed E-state index contributed by atoms with van der Waals surface area (Å²) in [6, 6.07) is 10.9. The van der Waals surface area contributed by atoms with Gasteiger partial charge in [-0.25, -0.2) is 9.48 Å².